The molecule has 1 heterocycles. The maximum Gasteiger partial charge on any atom is 0.240 e. The highest BCUT2D eigenvalue weighted by Gasteiger charge is 2.50. The third kappa shape index (κ3) is 5.13. The normalized spacial score (nSPS) is 16.4. The van der Waals surface area contributed by atoms with Gasteiger partial charge in [-0.15, -0.1) is 0 Å². The minimum Gasteiger partial charge on any atom is -0.454 e. The van der Waals surface area contributed by atoms with Gasteiger partial charge in [0.05, 0.1) is 23.0 Å². The first kappa shape index (κ1) is 25.4. The molecule has 0 radical (unpaired) electrons. The van der Waals surface area contributed by atoms with Gasteiger partial charge >= 0.3 is 0 Å². The van der Waals surface area contributed by atoms with Crippen LogP contribution < -0.4 is 14.2 Å². The van der Waals surface area contributed by atoms with Crippen molar-refractivity contribution in [2.45, 2.75) is 42.6 Å². The summed E-state index contributed by atoms with van der Waals surface area (Å²) >= 11 is 0. The van der Waals surface area contributed by atoms with Crippen molar-refractivity contribution in [3.05, 3.63) is 77.4 Å². The number of ether oxygens (including phenoxy) is 2. The minimum atomic E-state index is -3.82. The molecule has 8 nitrogen and oxygen atoms in total. The van der Waals surface area contributed by atoms with Crippen molar-refractivity contribution >= 4 is 15.8 Å². The number of fused-ring (bicyclic) bond motifs is 1. The van der Waals surface area contributed by atoms with E-state index < -0.39 is 28.1 Å². The molecule has 1 aliphatic carbocycles. The molecule has 198 valence electrons. The molecule has 3 aromatic rings. The number of ketones is 1. The number of benzene rings is 3. The summed E-state index contributed by atoms with van der Waals surface area (Å²) in [5, 5.41) is 18.3. The third-order valence-corrected chi connectivity index (χ3v) is 8.51. The second-order valence-corrected chi connectivity index (χ2v) is 11.4. The standard InChI is InChI=1S/C28H29NO7S.2H2/c1-18-2-3-19(13-27(32)28(10-11-28)21-6-9-25-26(14-21)36-17-35-25)12-24(18)20-4-7-23(8-5-20)37(33,34)29-15-22(31)16-30;;/h2-9,12,14,22,29-31H,10-11,13,15-17H2,1H3;2*1H/t22-;;/m0../s1. The molecule has 1 atom stereocenters. The maximum absolute atomic E-state index is 13.4. The van der Waals surface area contributed by atoms with Gasteiger partial charge in [-0.2, -0.15) is 0 Å². The predicted molar refractivity (Wildman–Crippen MR) is 141 cm³/mol. The molecular formula is C28H33NO7S. The van der Waals surface area contributed by atoms with E-state index in [4.69, 9.17) is 14.6 Å². The van der Waals surface area contributed by atoms with Crippen LogP contribution in [0, 0.1) is 6.92 Å². The minimum absolute atomic E-state index is 0. The van der Waals surface area contributed by atoms with Crippen molar-refractivity contribution in [2.75, 3.05) is 19.9 Å². The molecule has 0 saturated heterocycles. The van der Waals surface area contributed by atoms with Gasteiger partial charge < -0.3 is 19.7 Å². The summed E-state index contributed by atoms with van der Waals surface area (Å²) in [4.78, 5) is 13.5. The zero-order valence-electron chi connectivity index (χ0n) is 20.4. The van der Waals surface area contributed by atoms with Crippen molar-refractivity contribution in [1.82, 2.24) is 4.72 Å². The fourth-order valence-corrected chi connectivity index (χ4v) is 5.73. The van der Waals surface area contributed by atoms with Crippen LogP contribution in [-0.2, 0) is 26.7 Å². The number of Topliss-reactive ketones (excluding diaryl/α,β-unsaturated/α-hetero) is 1. The highest BCUT2D eigenvalue weighted by atomic mass is 32.2. The first-order chi connectivity index (χ1) is 17.7. The van der Waals surface area contributed by atoms with Crippen LogP contribution in [0.5, 0.6) is 11.5 Å². The van der Waals surface area contributed by atoms with Crippen molar-refractivity contribution in [1.29, 1.82) is 0 Å². The highest BCUT2D eigenvalue weighted by molar-refractivity contribution is 7.89. The van der Waals surface area contributed by atoms with Gasteiger partial charge in [0.15, 0.2) is 11.5 Å². The number of rotatable bonds is 10. The molecule has 1 fully saturated rings. The van der Waals surface area contributed by atoms with Crippen molar-refractivity contribution in [3.63, 3.8) is 0 Å². The van der Waals surface area contributed by atoms with E-state index in [-0.39, 0.29) is 26.9 Å². The average molecular weight is 528 g/mol. The van der Waals surface area contributed by atoms with Crippen LogP contribution in [0.15, 0.2) is 65.6 Å². The fourth-order valence-electron chi connectivity index (χ4n) is 4.66. The Morgan fingerprint density at radius 1 is 1.05 bits per heavy atom. The highest BCUT2D eigenvalue weighted by Crippen LogP contribution is 2.51. The number of aliphatic hydroxyl groups excluding tert-OH is 2. The van der Waals surface area contributed by atoms with E-state index in [0.717, 1.165) is 40.7 Å². The molecule has 1 aliphatic heterocycles. The zero-order chi connectivity index (χ0) is 26.2. The number of hydrogen-bond donors (Lipinski definition) is 3. The van der Waals surface area contributed by atoms with Gasteiger partial charge in [0, 0.05) is 15.8 Å². The molecule has 2 aliphatic rings. The Kier molecular flexibility index (Phi) is 6.80. The Hall–Kier alpha value is -3.24. The number of aliphatic hydroxyl groups is 2. The van der Waals surface area contributed by atoms with Crippen LogP contribution in [0.1, 0.15) is 32.4 Å². The van der Waals surface area contributed by atoms with Crippen LogP contribution in [0.4, 0.5) is 0 Å². The summed E-state index contributed by atoms with van der Waals surface area (Å²) in [6, 6.07) is 18.1. The monoisotopic (exact) mass is 527 g/mol. The first-order valence-electron chi connectivity index (χ1n) is 12.1. The van der Waals surface area contributed by atoms with E-state index in [1.807, 2.05) is 43.3 Å². The zero-order valence-corrected chi connectivity index (χ0v) is 21.3. The quantitative estimate of drug-likeness (QED) is 0.370. The van der Waals surface area contributed by atoms with Crippen LogP contribution in [0.2, 0.25) is 0 Å². The Morgan fingerprint density at radius 2 is 1.78 bits per heavy atom. The Bertz CT molecular complexity index is 1440. The van der Waals surface area contributed by atoms with Crippen LogP contribution in [-0.4, -0.2) is 50.5 Å². The number of carbonyl (C=O) groups is 1. The number of sulfonamides is 1. The van der Waals surface area contributed by atoms with Crippen molar-refractivity contribution < 1.29 is 35.8 Å². The molecule has 0 aromatic heterocycles. The molecule has 3 N–H and O–H groups in total. The van der Waals surface area contributed by atoms with E-state index in [1.54, 1.807) is 12.1 Å². The molecule has 37 heavy (non-hydrogen) atoms. The SMILES string of the molecule is Cc1ccc(CC(=O)C2(c3ccc4c(c3)OCO4)CC2)cc1-c1ccc(S(=O)(=O)NC[C@H](O)CO)cc1.[HH].[HH]. The van der Waals surface area contributed by atoms with E-state index in [1.165, 1.54) is 12.1 Å². The van der Waals surface area contributed by atoms with Crippen LogP contribution in [0.3, 0.4) is 0 Å². The second kappa shape index (κ2) is 9.90. The summed E-state index contributed by atoms with van der Waals surface area (Å²) in [5.41, 5.74) is 4.13. The largest absolute Gasteiger partial charge is 0.454 e. The topological polar surface area (TPSA) is 122 Å². The lowest BCUT2D eigenvalue weighted by Crippen LogP contribution is -2.33. The van der Waals surface area contributed by atoms with Gasteiger partial charge in [-0.1, -0.05) is 36.4 Å². The molecule has 0 spiro atoms. The molecular weight excluding hydrogens is 494 g/mol. The summed E-state index contributed by atoms with van der Waals surface area (Å²) in [5.74, 6) is 1.55. The lowest BCUT2D eigenvalue weighted by molar-refractivity contribution is -0.120. The number of nitrogens with one attached hydrogen (secondary N) is 1. The molecule has 5 rings (SSSR count). The third-order valence-electron chi connectivity index (χ3n) is 7.07. The number of carbonyl (C=O) groups excluding carboxylic acids is 1. The van der Waals surface area contributed by atoms with Crippen molar-refractivity contribution in [2.24, 2.45) is 0 Å². The van der Waals surface area contributed by atoms with Gasteiger partial charge in [-0.25, -0.2) is 13.1 Å². The first-order valence-corrected chi connectivity index (χ1v) is 13.6. The smallest absolute Gasteiger partial charge is 0.240 e. The Morgan fingerprint density at radius 3 is 2.49 bits per heavy atom. The summed E-state index contributed by atoms with van der Waals surface area (Å²) in [7, 11) is -3.82. The molecule has 0 amide bonds. The molecule has 0 unspecified atom stereocenters. The summed E-state index contributed by atoms with van der Waals surface area (Å²) in [6.45, 7) is 1.36. The molecule has 1 saturated carbocycles. The van der Waals surface area contributed by atoms with Gasteiger partial charge in [0.2, 0.25) is 16.8 Å². The molecule has 9 heteroatoms. The van der Waals surface area contributed by atoms with E-state index in [9.17, 15) is 18.3 Å². The Balaban J connectivity index is 0.00000210. The fraction of sp³-hybridized carbons (Fsp3) is 0.321. The predicted octanol–water partition coefficient (Wildman–Crippen LogP) is 3.36. The Labute approximate surface area is 218 Å². The molecule has 0 bridgehead atoms. The van der Waals surface area contributed by atoms with Crippen LogP contribution in [0.25, 0.3) is 11.1 Å². The lowest BCUT2D eigenvalue weighted by atomic mass is 9.87. The van der Waals surface area contributed by atoms with Crippen molar-refractivity contribution in [3.8, 4) is 22.6 Å². The van der Waals surface area contributed by atoms with E-state index in [2.05, 4.69) is 4.72 Å². The second-order valence-electron chi connectivity index (χ2n) is 9.61. The van der Waals surface area contributed by atoms with E-state index in [0.29, 0.717) is 17.9 Å². The van der Waals surface area contributed by atoms with Gasteiger partial charge in [0.25, 0.3) is 0 Å². The summed E-state index contributed by atoms with van der Waals surface area (Å²) in [6.07, 6.45) is 0.750. The van der Waals surface area contributed by atoms with Gasteiger partial charge in [-0.05, 0) is 71.8 Å². The van der Waals surface area contributed by atoms with Crippen LogP contribution >= 0.6 is 0 Å². The number of hydrogen-bond acceptors (Lipinski definition) is 7. The maximum atomic E-state index is 13.4. The average Bonchev–Trinajstić information content (AvgIpc) is 3.59. The molecule has 3 aromatic carbocycles. The van der Waals surface area contributed by atoms with Gasteiger partial charge in [-0.3, -0.25) is 4.79 Å². The summed E-state index contributed by atoms with van der Waals surface area (Å²) < 4.78 is 38.1. The number of aryl methyl sites for hydroxylation is 1. The lowest BCUT2D eigenvalue weighted by Gasteiger charge is -2.16. The van der Waals surface area contributed by atoms with Gasteiger partial charge in [0.1, 0.15) is 5.78 Å². The van der Waals surface area contributed by atoms with E-state index >= 15 is 0 Å².